The molecule has 1 aliphatic heterocycles. The lowest BCUT2D eigenvalue weighted by Gasteiger charge is -2.26. The summed E-state index contributed by atoms with van der Waals surface area (Å²) >= 11 is 3.42. The molecule has 1 saturated heterocycles. The largest absolute Gasteiger partial charge is 0.351 e. The van der Waals surface area contributed by atoms with E-state index in [1.54, 1.807) is 0 Å². The summed E-state index contributed by atoms with van der Waals surface area (Å²) in [7, 11) is 0. The van der Waals surface area contributed by atoms with E-state index in [0.717, 1.165) is 36.2 Å². The molecule has 0 bridgehead atoms. The summed E-state index contributed by atoms with van der Waals surface area (Å²) in [4.78, 5) is 14.0. The highest BCUT2D eigenvalue weighted by atomic mass is 79.9. The van der Waals surface area contributed by atoms with Crippen LogP contribution in [-0.4, -0.2) is 43.5 Å². The third-order valence-electron chi connectivity index (χ3n) is 2.96. The SMILES string of the molecule is O=C(CN1CCNCC1)NCc1cccc(Br)c1. The number of halogens is 1. The Morgan fingerprint density at radius 1 is 1.39 bits per heavy atom. The highest BCUT2D eigenvalue weighted by Gasteiger charge is 2.12. The lowest BCUT2D eigenvalue weighted by atomic mass is 10.2. The lowest BCUT2D eigenvalue weighted by molar-refractivity contribution is -0.122. The first kappa shape index (κ1) is 13.5. The zero-order valence-corrected chi connectivity index (χ0v) is 11.9. The van der Waals surface area contributed by atoms with Gasteiger partial charge in [0.25, 0.3) is 0 Å². The first-order valence-electron chi connectivity index (χ1n) is 6.18. The highest BCUT2D eigenvalue weighted by Crippen LogP contribution is 2.11. The second kappa shape index (κ2) is 6.87. The Hall–Kier alpha value is -0.910. The van der Waals surface area contributed by atoms with E-state index in [9.17, 15) is 4.79 Å². The topological polar surface area (TPSA) is 44.4 Å². The van der Waals surface area contributed by atoms with Crippen LogP contribution in [0.1, 0.15) is 5.56 Å². The van der Waals surface area contributed by atoms with Crippen molar-refractivity contribution in [3.05, 3.63) is 34.3 Å². The molecule has 2 N–H and O–H groups in total. The van der Waals surface area contributed by atoms with Gasteiger partial charge in [0, 0.05) is 37.2 Å². The molecule has 18 heavy (non-hydrogen) atoms. The van der Waals surface area contributed by atoms with E-state index in [2.05, 4.69) is 31.5 Å². The number of carbonyl (C=O) groups excluding carboxylic acids is 1. The standard InChI is InChI=1S/C13H18BrN3O/c14-12-3-1-2-11(8-12)9-16-13(18)10-17-6-4-15-5-7-17/h1-3,8,15H,4-7,9-10H2,(H,16,18). The summed E-state index contributed by atoms with van der Waals surface area (Å²) in [6.07, 6.45) is 0. The lowest BCUT2D eigenvalue weighted by Crippen LogP contribution is -2.47. The quantitative estimate of drug-likeness (QED) is 0.871. The maximum absolute atomic E-state index is 11.8. The number of benzene rings is 1. The van der Waals surface area contributed by atoms with Gasteiger partial charge < -0.3 is 10.6 Å². The molecule has 0 saturated carbocycles. The van der Waals surface area contributed by atoms with Crippen LogP contribution >= 0.6 is 15.9 Å². The van der Waals surface area contributed by atoms with Gasteiger partial charge in [-0.15, -0.1) is 0 Å². The van der Waals surface area contributed by atoms with Crippen LogP contribution < -0.4 is 10.6 Å². The average Bonchev–Trinajstić information content (AvgIpc) is 2.38. The van der Waals surface area contributed by atoms with Gasteiger partial charge in [-0.05, 0) is 17.7 Å². The molecule has 0 aliphatic carbocycles. The van der Waals surface area contributed by atoms with Crippen LogP contribution in [0, 0.1) is 0 Å². The van der Waals surface area contributed by atoms with Crippen molar-refractivity contribution in [1.29, 1.82) is 0 Å². The van der Waals surface area contributed by atoms with Gasteiger partial charge in [0.1, 0.15) is 0 Å². The monoisotopic (exact) mass is 311 g/mol. The first-order valence-corrected chi connectivity index (χ1v) is 6.97. The molecular weight excluding hydrogens is 294 g/mol. The Bertz CT molecular complexity index is 405. The van der Waals surface area contributed by atoms with Crippen molar-refractivity contribution in [3.8, 4) is 0 Å². The summed E-state index contributed by atoms with van der Waals surface area (Å²) in [5.41, 5.74) is 1.11. The molecule has 5 heteroatoms. The number of rotatable bonds is 4. The molecule has 1 fully saturated rings. The van der Waals surface area contributed by atoms with Gasteiger partial charge in [0.15, 0.2) is 0 Å². The summed E-state index contributed by atoms with van der Waals surface area (Å²) < 4.78 is 1.04. The van der Waals surface area contributed by atoms with Gasteiger partial charge in [0.05, 0.1) is 6.54 Å². The Kier molecular flexibility index (Phi) is 5.16. The van der Waals surface area contributed by atoms with E-state index < -0.39 is 0 Å². The van der Waals surface area contributed by atoms with Crippen LogP contribution in [0.5, 0.6) is 0 Å². The van der Waals surface area contributed by atoms with Crippen molar-refractivity contribution in [2.24, 2.45) is 0 Å². The van der Waals surface area contributed by atoms with Gasteiger partial charge in [-0.3, -0.25) is 9.69 Å². The van der Waals surface area contributed by atoms with Crippen molar-refractivity contribution in [2.75, 3.05) is 32.7 Å². The number of hydrogen-bond donors (Lipinski definition) is 2. The fourth-order valence-electron chi connectivity index (χ4n) is 1.98. The smallest absolute Gasteiger partial charge is 0.234 e. The van der Waals surface area contributed by atoms with E-state index in [0.29, 0.717) is 13.1 Å². The minimum absolute atomic E-state index is 0.0943. The van der Waals surface area contributed by atoms with Crippen LogP contribution in [0.2, 0.25) is 0 Å². The fourth-order valence-corrected chi connectivity index (χ4v) is 2.42. The van der Waals surface area contributed by atoms with E-state index in [1.165, 1.54) is 0 Å². The van der Waals surface area contributed by atoms with Crippen LogP contribution in [0.25, 0.3) is 0 Å². The Morgan fingerprint density at radius 3 is 2.89 bits per heavy atom. The minimum atomic E-state index is 0.0943. The van der Waals surface area contributed by atoms with Crippen LogP contribution in [0.3, 0.4) is 0 Å². The molecule has 1 heterocycles. The van der Waals surface area contributed by atoms with Crippen LogP contribution in [0.15, 0.2) is 28.7 Å². The van der Waals surface area contributed by atoms with Crippen molar-refractivity contribution >= 4 is 21.8 Å². The fraction of sp³-hybridized carbons (Fsp3) is 0.462. The Balaban J connectivity index is 1.74. The third kappa shape index (κ3) is 4.40. The van der Waals surface area contributed by atoms with Gasteiger partial charge in [0.2, 0.25) is 5.91 Å². The van der Waals surface area contributed by atoms with Crippen LogP contribution in [0.4, 0.5) is 0 Å². The molecule has 2 rings (SSSR count). The number of carbonyl (C=O) groups is 1. The Labute approximate surface area is 116 Å². The molecule has 1 aliphatic rings. The molecular formula is C13H18BrN3O. The molecule has 98 valence electrons. The summed E-state index contributed by atoms with van der Waals surface area (Å²) in [6, 6.07) is 7.98. The normalized spacial score (nSPS) is 16.5. The second-order valence-corrected chi connectivity index (χ2v) is 5.35. The predicted molar refractivity (Wildman–Crippen MR) is 75.3 cm³/mol. The first-order chi connectivity index (χ1) is 8.74. The van der Waals surface area contributed by atoms with E-state index in [1.807, 2.05) is 24.3 Å². The number of nitrogens with one attached hydrogen (secondary N) is 2. The maximum Gasteiger partial charge on any atom is 0.234 e. The van der Waals surface area contributed by atoms with E-state index in [-0.39, 0.29) is 5.91 Å². The van der Waals surface area contributed by atoms with E-state index in [4.69, 9.17) is 0 Å². The minimum Gasteiger partial charge on any atom is -0.351 e. The molecule has 1 aromatic rings. The second-order valence-electron chi connectivity index (χ2n) is 4.43. The zero-order chi connectivity index (χ0) is 12.8. The number of piperazine rings is 1. The number of amides is 1. The third-order valence-corrected chi connectivity index (χ3v) is 3.45. The molecule has 1 aromatic carbocycles. The van der Waals surface area contributed by atoms with Gasteiger partial charge >= 0.3 is 0 Å². The number of nitrogens with zero attached hydrogens (tertiary/aromatic N) is 1. The molecule has 0 spiro atoms. The maximum atomic E-state index is 11.8. The zero-order valence-electron chi connectivity index (χ0n) is 10.3. The summed E-state index contributed by atoms with van der Waals surface area (Å²) in [6.45, 7) is 4.92. The molecule has 0 unspecified atom stereocenters. The van der Waals surface area contributed by atoms with E-state index >= 15 is 0 Å². The van der Waals surface area contributed by atoms with Gasteiger partial charge in [-0.25, -0.2) is 0 Å². The Morgan fingerprint density at radius 2 is 2.17 bits per heavy atom. The van der Waals surface area contributed by atoms with Gasteiger partial charge in [-0.2, -0.15) is 0 Å². The number of hydrogen-bond acceptors (Lipinski definition) is 3. The summed E-state index contributed by atoms with van der Waals surface area (Å²) in [5.74, 6) is 0.0943. The molecule has 0 radical (unpaired) electrons. The molecule has 0 atom stereocenters. The van der Waals surface area contributed by atoms with Crippen LogP contribution in [-0.2, 0) is 11.3 Å². The summed E-state index contributed by atoms with van der Waals surface area (Å²) in [5, 5.41) is 6.23. The van der Waals surface area contributed by atoms with Gasteiger partial charge in [-0.1, -0.05) is 28.1 Å². The van der Waals surface area contributed by atoms with Crippen molar-refractivity contribution < 1.29 is 4.79 Å². The van der Waals surface area contributed by atoms with Crippen molar-refractivity contribution in [1.82, 2.24) is 15.5 Å². The average molecular weight is 312 g/mol. The molecule has 0 aromatic heterocycles. The predicted octanol–water partition coefficient (Wildman–Crippen LogP) is 0.971. The molecule has 1 amide bonds. The highest BCUT2D eigenvalue weighted by molar-refractivity contribution is 9.10. The van der Waals surface area contributed by atoms with Crippen molar-refractivity contribution in [2.45, 2.75) is 6.54 Å². The molecule has 4 nitrogen and oxygen atoms in total. The van der Waals surface area contributed by atoms with Crippen molar-refractivity contribution in [3.63, 3.8) is 0 Å².